The number of sulfonamides is 1. The van der Waals surface area contributed by atoms with Crippen LogP contribution in [0.25, 0.3) is 5.69 Å². The summed E-state index contributed by atoms with van der Waals surface area (Å²) in [5.41, 5.74) is 3.87. The van der Waals surface area contributed by atoms with E-state index in [1.165, 1.54) is 7.11 Å². The second-order valence-corrected chi connectivity index (χ2v) is 7.46. The summed E-state index contributed by atoms with van der Waals surface area (Å²) in [5.74, 6) is -0.0440. The Morgan fingerprint density at radius 3 is 2.43 bits per heavy atom. The van der Waals surface area contributed by atoms with Crippen LogP contribution >= 0.6 is 0 Å². The molecule has 0 spiro atoms. The summed E-state index contributed by atoms with van der Waals surface area (Å²) in [6.07, 6.45) is 0. The third-order valence-corrected chi connectivity index (χ3v) is 4.98. The standard InChI is InChI=1S/C16H23N3O3S/c1-12-11-13(2)19(17-12)16-7-5-15(6-8-16)14(3)18-23(20,21)10-9-22-4/h5-8,11,14,18H,9-10H2,1-4H3/t14-/m0/s1. The van der Waals surface area contributed by atoms with E-state index in [9.17, 15) is 8.42 Å². The molecule has 0 amide bonds. The van der Waals surface area contributed by atoms with Crippen LogP contribution in [0.4, 0.5) is 0 Å². The highest BCUT2D eigenvalue weighted by atomic mass is 32.2. The molecule has 0 saturated carbocycles. The number of aromatic nitrogens is 2. The molecule has 1 aromatic carbocycles. The Balaban J connectivity index is 2.11. The van der Waals surface area contributed by atoms with E-state index < -0.39 is 10.0 Å². The van der Waals surface area contributed by atoms with Gasteiger partial charge in [-0.2, -0.15) is 5.10 Å². The van der Waals surface area contributed by atoms with Crippen molar-refractivity contribution in [2.45, 2.75) is 26.8 Å². The van der Waals surface area contributed by atoms with Gasteiger partial charge in [0.1, 0.15) is 0 Å². The Kier molecular flexibility index (Phi) is 5.56. The van der Waals surface area contributed by atoms with Crippen molar-refractivity contribution in [2.75, 3.05) is 19.5 Å². The highest BCUT2D eigenvalue weighted by molar-refractivity contribution is 7.89. The molecule has 23 heavy (non-hydrogen) atoms. The lowest BCUT2D eigenvalue weighted by atomic mass is 10.1. The number of hydrogen-bond acceptors (Lipinski definition) is 4. The molecule has 6 nitrogen and oxygen atoms in total. The number of nitrogens with one attached hydrogen (secondary N) is 1. The van der Waals surface area contributed by atoms with Crippen LogP contribution in [0.3, 0.4) is 0 Å². The number of methoxy groups -OCH3 is 1. The van der Waals surface area contributed by atoms with E-state index in [0.29, 0.717) is 0 Å². The zero-order chi connectivity index (χ0) is 17.0. The van der Waals surface area contributed by atoms with Crippen molar-refractivity contribution in [1.82, 2.24) is 14.5 Å². The smallest absolute Gasteiger partial charge is 0.214 e. The van der Waals surface area contributed by atoms with Crippen LogP contribution in [0, 0.1) is 13.8 Å². The van der Waals surface area contributed by atoms with Gasteiger partial charge >= 0.3 is 0 Å². The van der Waals surface area contributed by atoms with E-state index in [1.54, 1.807) is 0 Å². The Labute approximate surface area is 137 Å². The molecule has 126 valence electrons. The number of rotatable bonds is 7. The molecular weight excluding hydrogens is 314 g/mol. The van der Waals surface area contributed by atoms with Crippen molar-refractivity contribution in [3.05, 3.63) is 47.3 Å². The van der Waals surface area contributed by atoms with E-state index in [2.05, 4.69) is 9.82 Å². The number of benzene rings is 1. The minimum Gasteiger partial charge on any atom is -0.384 e. The maximum Gasteiger partial charge on any atom is 0.214 e. The summed E-state index contributed by atoms with van der Waals surface area (Å²) in [6.45, 7) is 5.96. The third-order valence-electron chi connectivity index (χ3n) is 3.56. The fourth-order valence-electron chi connectivity index (χ4n) is 2.38. The van der Waals surface area contributed by atoms with Gasteiger partial charge in [-0.3, -0.25) is 0 Å². The molecule has 0 aliphatic rings. The second-order valence-electron chi connectivity index (χ2n) is 5.58. The van der Waals surface area contributed by atoms with Gasteiger partial charge in [-0.05, 0) is 44.5 Å². The van der Waals surface area contributed by atoms with Crippen LogP contribution in [0.2, 0.25) is 0 Å². The fourth-order valence-corrected chi connectivity index (χ4v) is 3.56. The average molecular weight is 337 g/mol. The molecule has 0 aliphatic heterocycles. The Morgan fingerprint density at radius 2 is 1.91 bits per heavy atom. The highest BCUT2D eigenvalue weighted by Crippen LogP contribution is 2.18. The minimum absolute atomic E-state index is 0.0440. The highest BCUT2D eigenvalue weighted by Gasteiger charge is 2.15. The van der Waals surface area contributed by atoms with Gasteiger partial charge in [0, 0.05) is 18.8 Å². The predicted molar refractivity (Wildman–Crippen MR) is 90.3 cm³/mol. The van der Waals surface area contributed by atoms with E-state index in [1.807, 2.05) is 55.8 Å². The van der Waals surface area contributed by atoms with Crippen LogP contribution in [-0.4, -0.2) is 37.7 Å². The summed E-state index contributed by atoms with van der Waals surface area (Å²) in [6, 6.07) is 9.42. The first kappa shape index (κ1) is 17.7. The van der Waals surface area contributed by atoms with E-state index in [-0.39, 0.29) is 18.4 Å². The van der Waals surface area contributed by atoms with Crippen LogP contribution < -0.4 is 4.72 Å². The SMILES string of the molecule is COCCS(=O)(=O)N[C@@H](C)c1ccc(-n2nc(C)cc2C)cc1. The van der Waals surface area contributed by atoms with E-state index in [4.69, 9.17) is 4.74 Å². The molecule has 0 radical (unpaired) electrons. The van der Waals surface area contributed by atoms with Gasteiger partial charge in [-0.1, -0.05) is 12.1 Å². The van der Waals surface area contributed by atoms with Crippen LogP contribution in [0.15, 0.2) is 30.3 Å². The number of ether oxygens (including phenoxy) is 1. The van der Waals surface area contributed by atoms with Crippen molar-refractivity contribution in [3.8, 4) is 5.69 Å². The molecular formula is C16H23N3O3S. The second kappa shape index (κ2) is 7.25. The Hall–Kier alpha value is -1.70. The number of hydrogen-bond donors (Lipinski definition) is 1. The van der Waals surface area contributed by atoms with Gasteiger partial charge in [0.05, 0.1) is 23.7 Å². The fraction of sp³-hybridized carbons (Fsp3) is 0.438. The molecule has 2 aromatic rings. The van der Waals surface area contributed by atoms with Gasteiger partial charge < -0.3 is 4.74 Å². The van der Waals surface area contributed by atoms with Crippen molar-refractivity contribution < 1.29 is 13.2 Å². The first-order valence-electron chi connectivity index (χ1n) is 7.45. The lowest BCUT2D eigenvalue weighted by Crippen LogP contribution is -2.30. The monoisotopic (exact) mass is 337 g/mol. The first-order chi connectivity index (χ1) is 10.8. The summed E-state index contributed by atoms with van der Waals surface area (Å²) >= 11 is 0. The van der Waals surface area contributed by atoms with Crippen molar-refractivity contribution in [3.63, 3.8) is 0 Å². The summed E-state index contributed by atoms with van der Waals surface area (Å²) in [7, 11) is -1.87. The summed E-state index contributed by atoms with van der Waals surface area (Å²) in [4.78, 5) is 0. The van der Waals surface area contributed by atoms with Gasteiger partial charge in [0.25, 0.3) is 0 Å². The maximum atomic E-state index is 11.9. The normalized spacial score (nSPS) is 13.2. The van der Waals surface area contributed by atoms with Gasteiger partial charge in [-0.15, -0.1) is 0 Å². The molecule has 1 N–H and O–H groups in total. The maximum absolute atomic E-state index is 11.9. The predicted octanol–water partition coefficient (Wildman–Crippen LogP) is 2.12. The van der Waals surface area contributed by atoms with Crippen molar-refractivity contribution in [2.24, 2.45) is 0 Å². The quantitative estimate of drug-likeness (QED) is 0.840. The Morgan fingerprint density at radius 1 is 1.26 bits per heavy atom. The van der Waals surface area contributed by atoms with Crippen LogP contribution in [0.5, 0.6) is 0 Å². The molecule has 0 fully saturated rings. The largest absolute Gasteiger partial charge is 0.384 e. The first-order valence-corrected chi connectivity index (χ1v) is 9.10. The minimum atomic E-state index is -3.35. The summed E-state index contributed by atoms with van der Waals surface area (Å²) in [5, 5.41) is 4.44. The molecule has 2 rings (SSSR count). The lowest BCUT2D eigenvalue weighted by Gasteiger charge is -2.15. The molecule has 0 saturated heterocycles. The molecule has 1 atom stereocenters. The Bertz CT molecular complexity index is 751. The van der Waals surface area contributed by atoms with Gasteiger partial charge in [0.15, 0.2) is 0 Å². The zero-order valence-corrected chi connectivity index (χ0v) is 14.7. The lowest BCUT2D eigenvalue weighted by molar-refractivity contribution is 0.216. The number of nitrogens with zero attached hydrogens (tertiary/aromatic N) is 2. The van der Waals surface area contributed by atoms with E-state index in [0.717, 1.165) is 22.6 Å². The summed E-state index contributed by atoms with van der Waals surface area (Å²) < 4.78 is 33.1. The topological polar surface area (TPSA) is 73.2 Å². The molecule has 1 aromatic heterocycles. The zero-order valence-electron chi connectivity index (χ0n) is 13.9. The molecule has 0 unspecified atom stereocenters. The number of aryl methyl sites for hydroxylation is 2. The van der Waals surface area contributed by atoms with Gasteiger partial charge in [-0.25, -0.2) is 17.8 Å². The average Bonchev–Trinajstić information content (AvgIpc) is 2.83. The van der Waals surface area contributed by atoms with Crippen LogP contribution in [-0.2, 0) is 14.8 Å². The molecule has 0 bridgehead atoms. The van der Waals surface area contributed by atoms with Crippen LogP contribution in [0.1, 0.15) is 29.9 Å². The van der Waals surface area contributed by atoms with Gasteiger partial charge in [0.2, 0.25) is 10.0 Å². The van der Waals surface area contributed by atoms with Crippen molar-refractivity contribution >= 4 is 10.0 Å². The van der Waals surface area contributed by atoms with E-state index >= 15 is 0 Å². The van der Waals surface area contributed by atoms with Crippen molar-refractivity contribution in [1.29, 1.82) is 0 Å². The molecule has 0 aliphatic carbocycles. The third kappa shape index (κ3) is 4.63. The molecule has 7 heteroatoms. The molecule has 1 heterocycles.